The average molecular weight is 544 g/mol. The molecule has 0 atom stereocenters. The van der Waals surface area contributed by atoms with Gasteiger partial charge in [-0.3, -0.25) is 4.79 Å². The molecule has 1 aromatic heterocycles. The van der Waals surface area contributed by atoms with E-state index in [1.807, 2.05) is 40.6 Å². The molecule has 0 radical (unpaired) electrons. The highest BCUT2D eigenvalue weighted by Crippen LogP contribution is 2.28. The Kier molecular flexibility index (Phi) is 11.1. The number of unbranched alkanes of at least 4 members (excludes halogenated alkanes) is 1. The molecule has 0 aliphatic heterocycles. The van der Waals surface area contributed by atoms with E-state index in [1.165, 1.54) is 0 Å². The van der Waals surface area contributed by atoms with Gasteiger partial charge in [0, 0.05) is 28.7 Å². The minimum absolute atomic E-state index is 0.0102. The molecular weight excluding hydrogens is 510 g/mol. The summed E-state index contributed by atoms with van der Waals surface area (Å²) in [5.41, 5.74) is 1.62. The molecule has 0 spiro atoms. The second-order valence-electron chi connectivity index (χ2n) is 8.55. The van der Waals surface area contributed by atoms with Crippen molar-refractivity contribution in [1.82, 2.24) is 9.80 Å². The molecule has 3 rings (SSSR count). The van der Waals surface area contributed by atoms with Crippen LogP contribution in [-0.4, -0.2) is 55.6 Å². The SMILES string of the molecule is CCCCN(CC(=O)N(CCc1ccc(OC)c(OC)c1)Cc1cccs1)C(=O)Nc1cccc(Cl)c1. The number of hydrogen-bond donors (Lipinski definition) is 1. The molecule has 7 nitrogen and oxygen atoms in total. The van der Waals surface area contributed by atoms with Gasteiger partial charge in [-0.15, -0.1) is 11.3 Å². The maximum absolute atomic E-state index is 13.5. The maximum atomic E-state index is 13.5. The summed E-state index contributed by atoms with van der Waals surface area (Å²) in [6.45, 7) is 3.52. The van der Waals surface area contributed by atoms with E-state index in [9.17, 15) is 9.59 Å². The van der Waals surface area contributed by atoms with Gasteiger partial charge in [-0.25, -0.2) is 4.79 Å². The molecule has 0 aliphatic carbocycles. The van der Waals surface area contributed by atoms with Crippen molar-refractivity contribution in [2.45, 2.75) is 32.7 Å². The first-order valence-corrected chi connectivity index (χ1v) is 13.5. The van der Waals surface area contributed by atoms with Gasteiger partial charge in [-0.05, 0) is 60.2 Å². The van der Waals surface area contributed by atoms with E-state index in [1.54, 1.807) is 54.7 Å². The number of carbonyl (C=O) groups excluding carboxylic acids is 2. The summed E-state index contributed by atoms with van der Waals surface area (Å²) >= 11 is 7.67. The largest absolute Gasteiger partial charge is 0.493 e. The first-order chi connectivity index (χ1) is 17.9. The van der Waals surface area contributed by atoms with Crippen LogP contribution < -0.4 is 14.8 Å². The highest BCUT2D eigenvalue weighted by molar-refractivity contribution is 7.09. The first-order valence-electron chi connectivity index (χ1n) is 12.3. The number of amides is 3. The molecule has 3 amide bonds. The lowest BCUT2D eigenvalue weighted by molar-refractivity contribution is -0.132. The van der Waals surface area contributed by atoms with Gasteiger partial charge in [0.2, 0.25) is 5.91 Å². The molecule has 1 N–H and O–H groups in total. The number of carbonyl (C=O) groups is 2. The van der Waals surface area contributed by atoms with Gasteiger partial charge >= 0.3 is 6.03 Å². The van der Waals surface area contributed by atoms with Gasteiger partial charge in [0.25, 0.3) is 0 Å². The van der Waals surface area contributed by atoms with Gasteiger partial charge < -0.3 is 24.6 Å². The van der Waals surface area contributed by atoms with E-state index >= 15 is 0 Å². The molecule has 1 heterocycles. The third kappa shape index (κ3) is 8.68. The average Bonchev–Trinajstić information content (AvgIpc) is 3.41. The molecule has 3 aromatic rings. The zero-order valence-electron chi connectivity index (χ0n) is 21.5. The Hall–Kier alpha value is -3.23. The number of urea groups is 1. The summed E-state index contributed by atoms with van der Waals surface area (Å²) in [7, 11) is 3.21. The normalized spacial score (nSPS) is 10.6. The van der Waals surface area contributed by atoms with E-state index < -0.39 is 0 Å². The van der Waals surface area contributed by atoms with Crippen LogP contribution in [0.4, 0.5) is 10.5 Å². The number of halogens is 1. The van der Waals surface area contributed by atoms with Crippen LogP contribution in [0.3, 0.4) is 0 Å². The predicted octanol–water partition coefficient (Wildman–Crippen LogP) is 6.32. The van der Waals surface area contributed by atoms with Crippen LogP contribution in [0.1, 0.15) is 30.2 Å². The number of rotatable bonds is 13. The predicted molar refractivity (Wildman–Crippen MR) is 150 cm³/mol. The van der Waals surface area contributed by atoms with Crippen LogP contribution in [-0.2, 0) is 17.8 Å². The van der Waals surface area contributed by atoms with Crippen LogP contribution in [0.2, 0.25) is 5.02 Å². The van der Waals surface area contributed by atoms with Gasteiger partial charge in [0.05, 0.1) is 20.8 Å². The zero-order valence-corrected chi connectivity index (χ0v) is 23.1. The Morgan fingerprint density at radius 1 is 0.973 bits per heavy atom. The first kappa shape index (κ1) is 28.3. The fourth-order valence-corrected chi connectivity index (χ4v) is 4.73. The van der Waals surface area contributed by atoms with Crippen molar-refractivity contribution >= 4 is 40.6 Å². The van der Waals surface area contributed by atoms with Crippen molar-refractivity contribution in [2.24, 2.45) is 0 Å². The van der Waals surface area contributed by atoms with Crippen LogP contribution in [0.5, 0.6) is 11.5 Å². The van der Waals surface area contributed by atoms with Gasteiger partial charge in [-0.1, -0.05) is 43.1 Å². The number of methoxy groups -OCH3 is 2. The van der Waals surface area contributed by atoms with Crippen molar-refractivity contribution in [3.63, 3.8) is 0 Å². The smallest absolute Gasteiger partial charge is 0.322 e. The van der Waals surface area contributed by atoms with E-state index in [2.05, 4.69) is 12.2 Å². The lowest BCUT2D eigenvalue weighted by Crippen LogP contribution is -2.45. The number of hydrogen-bond acceptors (Lipinski definition) is 5. The van der Waals surface area contributed by atoms with E-state index in [4.69, 9.17) is 21.1 Å². The number of nitrogens with one attached hydrogen (secondary N) is 1. The molecule has 0 fully saturated rings. The minimum atomic E-state index is -0.319. The maximum Gasteiger partial charge on any atom is 0.322 e. The van der Waals surface area contributed by atoms with E-state index in [-0.39, 0.29) is 18.5 Å². The molecule has 198 valence electrons. The van der Waals surface area contributed by atoms with Crippen molar-refractivity contribution in [3.05, 3.63) is 75.4 Å². The summed E-state index contributed by atoms with van der Waals surface area (Å²) in [4.78, 5) is 31.1. The fourth-order valence-electron chi connectivity index (χ4n) is 3.82. The van der Waals surface area contributed by atoms with Crippen LogP contribution in [0.25, 0.3) is 0 Å². The topological polar surface area (TPSA) is 71.1 Å². The molecule has 37 heavy (non-hydrogen) atoms. The number of benzene rings is 2. The molecular formula is C28H34ClN3O4S. The monoisotopic (exact) mass is 543 g/mol. The Morgan fingerprint density at radius 3 is 2.46 bits per heavy atom. The van der Waals surface area contributed by atoms with Crippen LogP contribution in [0, 0.1) is 0 Å². The lowest BCUT2D eigenvalue weighted by Gasteiger charge is -2.28. The van der Waals surface area contributed by atoms with Gasteiger partial charge in [0.1, 0.15) is 6.54 Å². The fraction of sp³-hybridized carbons (Fsp3) is 0.357. The third-order valence-electron chi connectivity index (χ3n) is 5.87. The molecule has 0 bridgehead atoms. The highest BCUT2D eigenvalue weighted by atomic mass is 35.5. The van der Waals surface area contributed by atoms with Gasteiger partial charge in [-0.2, -0.15) is 0 Å². The second-order valence-corrected chi connectivity index (χ2v) is 10.0. The minimum Gasteiger partial charge on any atom is -0.493 e. The van der Waals surface area contributed by atoms with E-state index in [0.717, 1.165) is 23.3 Å². The molecule has 0 aliphatic rings. The molecule has 0 saturated carbocycles. The summed E-state index contributed by atoms with van der Waals surface area (Å²) < 4.78 is 10.8. The van der Waals surface area contributed by atoms with Crippen molar-refractivity contribution in [2.75, 3.05) is 39.2 Å². The molecule has 0 unspecified atom stereocenters. The van der Waals surface area contributed by atoms with Gasteiger partial charge in [0.15, 0.2) is 11.5 Å². The number of nitrogens with zero attached hydrogens (tertiary/aromatic N) is 2. The number of anilines is 1. The van der Waals surface area contributed by atoms with Crippen LogP contribution >= 0.6 is 22.9 Å². The highest BCUT2D eigenvalue weighted by Gasteiger charge is 2.22. The zero-order chi connectivity index (χ0) is 26.6. The Balaban J connectivity index is 1.73. The third-order valence-corrected chi connectivity index (χ3v) is 6.96. The second kappa shape index (κ2) is 14.5. The number of thiophene rings is 1. The van der Waals surface area contributed by atoms with Crippen molar-refractivity contribution in [3.8, 4) is 11.5 Å². The summed E-state index contributed by atoms with van der Waals surface area (Å²) in [5, 5.41) is 5.40. The molecule has 2 aromatic carbocycles. The summed E-state index contributed by atoms with van der Waals surface area (Å²) in [5.74, 6) is 1.21. The summed E-state index contributed by atoms with van der Waals surface area (Å²) in [6, 6.07) is 16.4. The van der Waals surface area contributed by atoms with Crippen molar-refractivity contribution in [1.29, 1.82) is 0 Å². The molecule has 9 heteroatoms. The number of ether oxygens (including phenoxy) is 2. The van der Waals surface area contributed by atoms with E-state index in [0.29, 0.717) is 48.3 Å². The summed E-state index contributed by atoms with van der Waals surface area (Å²) in [6.07, 6.45) is 2.35. The standard InChI is InChI=1S/C28H34ClN3O4S/c1-4-5-14-32(28(34)30-23-9-6-8-22(29)18-23)20-27(33)31(19-24-10-7-16-37-24)15-13-21-11-12-25(35-2)26(17-21)36-3/h6-12,16-18H,4-5,13-15,19-20H2,1-3H3,(H,30,34). The lowest BCUT2D eigenvalue weighted by atomic mass is 10.1. The molecule has 0 saturated heterocycles. The quantitative estimate of drug-likeness (QED) is 0.274. The van der Waals surface area contributed by atoms with Crippen LogP contribution in [0.15, 0.2) is 60.0 Å². The Labute approximate surface area is 227 Å². The Morgan fingerprint density at radius 2 is 1.78 bits per heavy atom. The van der Waals surface area contributed by atoms with Crippen molar-refractivity contribution < 1.29 is 19.1 Å². The Bertz CT molecular complexity index is 1160.